The van der Waals surface area contributed by atoms with E-state index in [1.165, 1.54) is 44.9 Å². The summed E-state index contributed by atoms with van der Waals surface area (Å²) in [5, 5.41) is 16.4. The highest BCUT2D eigenvalue weighted by Crippen LogP contribution is 2.25. The lowest BCUT2D eigenvalue weighted by atomic mass is 9.86. The number of hydrogen-bond donors (Lipinski definition) is 2. The molecular formula is C21H29N5S. The molecule has 2 N–H and O–H groups in total. The van der Waals surface area contributed by atoms with Crippen LogP contribution in [-0.2, 0) is 13.0 Å². The Bertz CT molecular complexity index is 782. The second-order valence-corrected chi connectivity index (χ2v) is 8.35. The van der Waals surface area contributed by atoms with Gasteiger partial charge in [0, 0.05) is 30.3 Å². The minimum Gasteiger partial charge on any atom is -0.359 e. The minimum absolute atomic E-state index is 0.490. The summed E-state index contributed by atoms with van der Waals surface area (Å²) in [4.78, 5) is 0. The van der Waals surface area contributed by atoms with Crippen molar-refractivity contribution in [2.45, 2.75) is 70.9 Å². The average molecular weight is 384 g/mol. The number of rotatable bonds is 3. The Morgan fingerprint density at radius 2 is 1.85 bits per heavy atom. The molecule has 0 spiro atoms. The van der Waals surface area contributed by atoms with Crippen LogP contribution in [0.25, 0.3) is 11.4 Å². The first-order valence-corrected chi connectivity index (χ1v) is 10.7. The van der Waals surface area contributed by atoms with E-state index in [0.29, 0.717) is 12.0 Å². The molecule has 6 heteroatoms. The van der Waals surface area contributed by atoms with Gasteiger partial charge < -0.3 is 15.2 Å². The lowest BCUT2D eigenvalue weighted by Crippen LogP contribution is -2.43. The third-order valence-electron chi connectivity index (χ3n) is 5.94. The van der Waals surface area contributed by atoms with Gasteiger partial charge in [-0.15, -0.1) is 10.2 Å². The zero-order valence-electron chi connectivity index (χ0n) is 16.1. The summed E-state index contributed by atoms with van der Waals surface area (Å²) >= 11 is 5.53. The van der Waals surface area contributed by atoms with Gasteiger partial charge in [-0.05, 0) is 68.1 Å². The number of aromatic nitrogens is 3. The van der Waals surface area contributed by atoms with E-state index in [1.54, 1.807) is 0 Å². The number of hydrogen-bond acceptors (Lipinski definition) is 3. The van der Waals surface area contributed by atoms with Crippen molar-refractivity contribution in [1.82, 2.24) is 20.1 Å². The molecule has 4 rings (SSSR count). The predicted octanol–water partition coefficient (Wildman–Crippen LogP) is 4.54. The molecule has 0 saturated heterocycles. The molecule has 0 radical (unpaired) electrons. The first kappa shape index (κ1) is 18.4. The molecule has 0 bridgehead atoms. The molecule has 2 aliphatic rings. The van der Waals surface area contributed by atoms with E-state index in [9.17, 15) is 0 Å². The fourth-order valence-electron chi connectivity index (χ4n) is 4.27. The molecule has 2 atom stereocenters. The Kier molecular flexibility index (Phi) is 5.72. The van der Waals surface area contributed by atoms with E-state index < -0.39 is 0 Å². The van der Waals surface area contributed by atoms with E-state index in [0.717, 1.165) is 41.0 Å². The van der Waals surface area contributed by atoms with Crippen LogP contribution in [0.3, 0.4) is 0 Å². The van der Waals surface area contributed by atoms with Crippen molar-refractivity contribution in [2.75, 3.05) is 5.32 Å². The van der Waals surface area contributed by atoms with Gasteiger partial charge in [-0.3, -0.25) is 0 Å². The lowest BCUT2D eigenvalue weighted by Gasteiger charge is -2.30. The highest BCUT2D eigenvalue weighted by atomic mass is 32.1. The maximum atomic E-state index is 5.53. The molecule has 1 aromatic heterocycles. The van der Waals surface area contributed by atoms with Crippen LogP contribution in [0.4, 0.5) is 5.69 Å². The van der Waals surface area contributed by atoms with Crippen LogP contribution < -0.4 is 10.6 Å². The summed E-state index contributed by atoms with van der Waals surface area (Å²) in [5.74, 6) is 2.79. The van der Waals surface area contributed by atoms with Crippen molar-refractivity contribution in [3.05, 3.63) is 30.1 Å². The Hall–Kier alpha value is -1.95. The Labute approximate surface area is 167 Å². The smallest absolute Gasteiger partial charge is 0.171 e. The predicted molar refractivity (Wildman–Crippen MR) is 114 cm³/mol. The summed E-state index contributed by atoms with van der Waals surface area (Å²) in [6, 6.07) is 8.86. The number of thiocarbonyl (C=S) groups is 1. The van der Waals surface area contributed by atoms with Crippen LogP contribution >= 0.6 is 12.2 Å². The third-order valence-corrected chi connectivity index (χ3v) is 6.16. The summed E-state index contributed by atoms with van der Waals surface area (Å²) < 4.78 is 2.28. The Morgan fingerprint density at radius 1 is 1.04 bits per heavy atom. The van der Waals surface area contributed by atoms with Crippen LogP contribution in [0, 0.1) is 5.92 Å². The zero-order valence-corrected chi connectivity index (χ0v) is 16.9. The highest BCUT2D eigenvalue weighted by molar-refractivity contribution is 7.80. The van der Waals surface area contributed by atoms with Gasteiger partial charge in [0.1, 0.15) is 5.82 Å². The van der Waals surface area contributed by atoms with E-state index in [1.807, 2.05) is 0 Å². The number of nitrogens with one attached hydrogen (secondary N) is 2. The zero-order chi connectivity index (χ0) is 18.6. The number of nitrogens with zero attached hydrogens (tertiary/aromatic N) is 3. The molecule has 1 fully saturated rings. The van der Waals surface area contributed by atoms with Crippen molar-refractivity contribution < 1.29 is 0 Å². The summed E-state index contributed by atoms with van der Waals surface area (Å²) in [6.07, 6.45) is 9.86. The Morgan fingerprint density at radius 3 is 2.67 bits per heavy atom. The molecule has 1 saturated carbocycles. The minimum atomic E-state index is 0.490. The van der Waals surface area contributed by atoms with Crippen molar-refractivity contribution in [2.24, 2.45) is 5.92 Å². The van der Waals surface area contributed by atoms with Crippen LogP contribution in [0.1, 0.15) is 57.7 Å². The second-order valence-electron chi connectivity index (χ2n) is 7.95. The van der Waals surface area contributed by atoms with Gasteiger partial charge >= 0.3 is 0 Å². The van der Waals surface area contributed by atoms with Gasteiger partial charge in [-0.1, -0.05) is 26.2 Å². The highest BCUT2D eigenvalue weighted by Gasteiger charge is 2.21. The summed E-state index contributed by atoms with van der Waals surface area (Å²) in [5.41, 5.74) is 2.12. The van der Waals surface area contributed by atoms with Crippen LogP contribution in [0.2, 0.25) is 0 Å². The first-order valence-electron chi connectivity index (χ1n) is 10.3. The monoisotopic (exact) mass is 383 g/mol. The van der Waals surface area contributed by atoms with Gasteiger partial charge in [-0.2, -0.15) is 0 Å². The van der Waals surface area contributed by atoms with Gasteiger partial charge in [0.25, 0.3) is 0 Å². The SMILES string of the molecule is C[C@H]1CCCC[C@H]1NC(=S)Nc1ccc(-c2nnc3n2CCCCC3)cc1. The maximum absolute atomic E-state index is 5.53. The molecule has 1 aromatic carbocycles. The second kappa shape index (κ2) is 8.38. The summed E-state index contributed by atoms with van der Waals surface area (Å²) in [7, 11) is 0. The number of aryl methyl sites for hydroxylation is 1. The Balaban J connectivity index is 1.40. The first-order chi connectivity index (χ1) is 13.2. The molecule has 2 aromatic rings. The molecule has 0 amide bonds. The molecule has 2 heterocycles. The van der Waals surface area contributed by atoms with E-state index in [2.05, 4.69) is 56.6 Å². The van der Waals surface area contributed by atoms with E-state index >= 15 is 0 Å². The average Bonchev–Trinajstić information content (AvgIpc) is 2.92. The van der Waals surface area contributed by atoms with Gasteiger partial charge in [0.2, 0.25) is 0 Å². The molecule has 27 heavy (non-hydrogen) atoms. The van der Waals surface area contributed by atoms with Crippen molar-refractivity contribution in [3.63, 3.8) is 0 Å². The standard InChI is InChI=1S/C21H29N5S/c1-15-7-4-5-8-18(15)23-21(27)22-17-12-10-16(11-13-17)20-25-24-19-9-3-2-6-14-26(19)20/h10-13,15,18H,2-9,14H2,1H3,(H2,22,23,27)/t15-,18+/m0/s1. The maximum Gasteiger partial charge on any atom is 0.171 e. The van der Waals surface area contributed by atoms with Gasteiger partial charge in [0.05, 0.1) is 0 Å². The van der Waals surface area contributed by atoms with E-state index in [4.69, 9.17) is 12.2 Å². The van der Waals surface area contributed by atoms with Gasteiger partial charge in [0.15, 0.2) is 10.9 Å². The lowest BCUT2D eigenvalue weighted by molar-refractivity contribution is 0.309. The van der Waals surface area contributed by atoms with Gasteiger partial charge in [-0.25, -0.2) is 0 Å². The van der Waals surface area contributed by atoms with Crippen LogP contribution in [-0.4, -0.2) is 25.9 Å². The topological polar surface area (TPSA) is 54.8 Å². The molecular weight excluding hydrogens is 354 g/mol. The number of benzene rings is 1. The molecule has 0 unspecified atom stereocenters. The number of fused-ring (bicyclic) bond motifs is 1. The van der Waals surface area contributed by atoms with Crippen molar-refractivity contribution >= 4 is 23.0 Å². The summed E-state index contributed by atoms with van der Waals surface area (Å²) in [6.45, 7) is 3.33. The molecule has 1 aliphatic heterocycles. The molecule has 5 nitrogen and oxygen atoms in total. The number of anilines is 1. The quantitative estimate of drug-likeness (QED) is 0.762. The molecule has 144 valence electrons. The van der Waals surface area contributed by atoms with E-state index in [-0.39, 0.29) is 0 Å². The fraction of sp³-hybridized carbons (Fsp3) is 0.571. The third kappa shape index (κ3) is 4.32. The largest absolute Gasteiger partial charge is 0.359 e. The van der Waals surface area contributed by atoms with Crippen LogP contribution in [0.15, 0.2) is 24.3 Å². The van der Waals surface area contributed by atoms with Crippen molar-refractivity contribution in [1.29, 1.82) is 0 Å². The van der Waals surface area contributed by atoms with Crippen LogP contribution in [0.5, 0.6) is 0 Å². The fourth-order valence-corrected chi connectivity index (χ4v) is 4.54. The van der Waals surface area contributed by atoms with Crippen molar-refractivity contribution in [3.8, 4) is 11.4 Å². The molecule has 1 aliphatic carbocycles. The normalized spacial score (nSPS) is 22.6.